The maximum Gasteiger partial charge on any atom is 0.129 e. The fourth-order valence-electron chi connectivity index (χ4n) is 2.47. The molecule has 1 heterocycles. The summed E-state index contributed by atoms with van der Waals surface area (Å²) in [7, 11) is 0. The summed E-state index contributed by atoms with van der Waals surface area (Å²) < 4.78 is 13.7. The van der Waals surface area contributed by atoms with Crippen LogP contribution in [0.4, 0.5) is 4.39 Å². The van der Waals surface area contributed by atoms with Crippen molar-refractivity contribution in [2.45, 2.75) is 32.2 Å². The molecule has 4 heteroatoms. The third kappa shape index (κ3) is 3.17. The minimum atomic E-state index is -0.228. The van der Waals surface area contributed by atoms with Crippen molar-refractivity contribution >= 4 is 23.2 Å². The molecular formula is C14H18Cl2FN. The van der Waals surface area contributed by atoms with Crippen LogP contribution < -0.4 is 0 Å². The van der Waals surface area contributed by atoms with Crippen LogP contribution in [0.2, 0.25) is 5.02 Å². The summed E-state index contributed by atoms with van der Waals surface area (Å²) >= 11 is 12.1. The summed E-state index contributed by atoms with van der Waals surface area (Å²) in [4.78, 5) is 2.26. The van der Waals surface area contributed by atoms with Gasteiger partial charge >= 0.3 is 0 Å². The molecule has 1 aliphatic rings. The Hall–Kier alpha value is -0.310. The maximum absolute atomic E-state index is 13.7. The fourth-order valence-corrected chi connectivity index (χ4v) is 2.79. The Morgan fingerprint density at radius 2 is 2.17 bits per heavy atom. The Kier molecular flexibility index (Phi) is 4.20. The van der Waals surface area contributed by atoms with Crippen LogP contribution in [-0.2, 0) is 6.54 Å². The highest BCUT2D eigenvalue weighted by Crippen LogP contribution is 2.34. The number of benzene rings is 1. The highest BCUT2D eigenvalue weighted by Gasteiger charge is 2.34. The average Bonchev–Trinajstić information content (AvgIpc) is 2.27. The Balaban J connectivity index is 2.06. The van der Waals surface area contributed by atoms with Gasteiger partial charge in [-0.05, 0) is 30.5 Å². The van der Waals surface area contributed by atoms with E-state index >= 15 is 0 Å². The summed E-state index contributed by atoms with van der Waals surface area (Å²) in [5, 5.41) is 0.639. The Labute approximate surface area is 118 Å². The summed E-state index contributed by atoms with van der Waals surface area (Å²) in [6.07, 6.45) is 0.948. The summed E-state index contributed by atoms with van der Waals surface area (Å²) in [6.45, 7) is 6.75. The van der Waals surface area contributed by atoms with Gasteiger partial charge in [0.15, 0.2) is 0 Å². The van der Waals surface area contributed by atoms with Crippen LogP contribution >= 0.6 is 23.2 Å². The molecule has 0 saturated carbocycles. The first-order valence-electron chi connectivity index (χ1n) is 6.19. The topological polar surface area (TPSA) is 3.24 Å². The number of nitrogens with zero attached hydrogens (tertiary/aromatic N) is 1. The first kappa shape index (κ1) is 14.1. The minimum Gasteiger partial charge on any atom is -0.298 e. The van der Waals surface area contributed by atoms with Gasteiger partial charge in [-0.25, -0.2) is 4.39 Å². The van der Waals surface area contributed by atoms with E-state index in [1.165, 1.54) is 6.07 Å². The number of alkyl halides is 1. The second kappa shape index (κ2) is 5.36. The van der Waals surface area contributed by atoms with E-state index in [0.29, 0.717) is 17.1 Å². The van der Waals surface area contributed by atoms with Crippen LogP contribution in [0.25, 0.3) is 0 Å². The third-order valence-electron chi connectivity index (χ3n) is 3.59. The molecule has 0 aromatic heterocycles. The van der Waals surface area contributed by atoms with Gasteiger partial charge in [0.2, 0.25) is 0 Å². The van der Waals surface area contributed by atoms with Crippen molar-refractivity contribution in [2.75, 3.05) is 13.1 Å². The Morgan fingerprint density at radius 1 is 1.44 bits per heavy atom. The molecule has 100 valence electrons. The van der Waals surface area contributed by atoms with Gasteiger partial charge in [0.05, 0.1) is 0 Å². The monoisotopic (exact) mass is 289 g/mol. The molecule has 1 atom stereocenters. The van der Waals surface area contributed by atoms with Gasteiger partial charge < -0.3 is 0 Å². The van der Waals surface area contributed by atoms with Crippen LogP contribution in [0.15, 0.2) is 18.2 Å². The van der Waals surface area contributed by atoms with E-state index in [1.807, 2.05) is 0 Å². The molecule has 0 N–H and O–H groups in total. The number of rotatable bonds is 2. The molecule has 1 saturated heterocycles. The van der Waals surface area contributed by atoms with Crippen molar-refractivity contribution in [3.63, 3.8) is 0 Å². The minimum absolute atomic E-state index is 0.0721. The molecule has 1 aromatic carbocycles. The predicted octanol–water partition coefficient (Wildman–Crippen LogP) is 4.32. The zero-order valence-electron chi connectivity index (χ0n) is 10.7. The van der Waals surface area contributed by atoms with Crippen molar-refractivity contribution in [3.8, 4) is 0 Å². The molecule has 18 heavy (non-hydrogen) atoms. The average molecular weight is 290 g/mol. The molecule has 1 aromatic rings. The smallest absolute Gasteiger partial charge is 0.129 e. The molecule has 0 bridgehead atoms. The molecule has 1 fully saturated rings. The molecule has 1 aliphatic heterocycles. The lowest BCUT2D eigenvalue weighted by Gasteiger charge is -2.41. The van der Waals surface area contributed by atoms with Gasteiger partial charge in [-0.15, -0.1) is 11.6 Å². The number of likely N-dealkylation sites (tertiary alicyclic amines) is 1. The van der Waals surface area contributed by atoms with Crippen LogP contribution in [0.1, 0.15) is 25.8 Å². The molecule has 2 rings (SSSR count). The van der Waals surface area contributed by atoms with E-state index in [4.69, 9.17) is 23.2 Å². The van der Waals surface area contributed by atoms with Crippen molar-refractivity contribution in [1.29, 1.82) is 0 Å². The van der Waals surface area contributed by atoms with Gasteiger partial charge in [0.25, 0.3) is 0 Å². The molecule has 1 unspecified atom stereocenters. The maximum atomic E-state index is 13.7. The van der Waals surface area contributed by atoms with Crippen molar-refractivity contribution in [3.05, 3.63) is 34.6 Å². The zero-order valence-corrected chi connectivity index (χ0v) is 12.2. The quantitative estimate of drug-likeness (QED) is 0.733. The van der Waals surface area contributed by atoms with Crippen molar-refractivity contribution in [1.82, 2.24) is 4.90 Å². The van der Waals surface area contributed by atoms with Gasteiger partial charge in [0, 0.05) is 29.1 Å². The van der Waals surface area contributed by atoms with Crippen molar-refractivity contribution in [2.24, 2.45) is 5.41 Å². The van der Waals surface area contributed by atoms with E-state index < -0.39 is 0 Å². The van der Waals surface area contributed by atoms with Crippen LogP contribution in [-0.4, -0.2) is 23.4 Å². The normalized spacial score (nSPS) is 24.2. The lowest BCUT2D eigenvalue weighted by Crippen LogP contribution is -2.46. The Morgan fingerprint density at radius 3 is 2.78 bits per heavy atom. The number of hydrogen-bond donors (Lipinski definition) is 0. The molecular weight excluding hydrogens is 272 g/mol. The van der Waals surface area contributed by atoms with Gasteiger partial charge in [-0.2, -0.15) is 0 Å². The molecule has 0 spiro atoms. The van der Waals surface area contributed by atoms with Gasteiger partial charge in [-0.3, -0.25) is 4.90 Å². The molecule has 0 radical (unpaired) electrons. The Bertz CT molecular complexity index is 434. The SMILES string of the molecule is CC1(C)CN(Cc2ccc(Cl)cc2F)CCC1Cl. The molecule has 1 nitrogen and oxygen atoms in total. The second-order valence-corrected chi connectivity index (χ2v) is 6.65. The van der Waals surface area contributed by atoms with Gasteiger partial charge in [-0.1, -0.05) is 31.5 Å². The third-order valence-corrected chi connectivity index (χ3v) is 4.63. The molecule has 0 aliphatic carbocycles. The highest BCUT2D eigenvalue weighted by atomic mass is 35.5. The van der Waals surface area contributed by atoms with Crippen LogP contribution in [0, 0.1) is 11.2 Å². The van der Waals surface area contributed by atoms with E-state index in [1.54, 1.807) is 12.1 Å². The standard InChI is InChI=1S/C14H18Cl2FN/c1-14(2)9-18(6-5-13(14)16)8-10-3-4-11(15)7-12(10)17/h3-4,7,13H,5-6,8-9H2,1-2H3. The van der Waals surface area contributed by atoms with Crippen molar-refractivity contribution < 1.29 is 4.39 Å². The number of piperidine rings is 1. The number of halogens is 3. The first-order valence-corrected chi connectivity index (χ1v) is 7.00. The van der Waals surface area contributed by atoms with E-state index in [2.05, 4.69) is 18.7 Å². The fraction of sp³-hybridized carbons (Fsp3) is 0.571. The lowest BCUT2D eigenvalue weighted by atomic mass is 9.83. The predicted molar refractivity (Wildman–Crippen MR) is 74.7 cm³/mol. The van der Waals surface area contributed by atoms with Gasteiger partial charge in [0.1, 0.15) is 5.82 Å². The summed E-state index contributed by atoms with van der Waals surface area (Å²) in [5.41, 5.74) is 0.770. The van der Waals surface area contributed by atoms with E-state index in [-0.39, 0.29) is 16.6 Å². The second-order valence-electron chi connectivity index (χ2n) is 5.69. The zero-order chi connectivity index (χ0) is 13.3. The van der Waals surface area contributed by atoms with E-state index in [9.17, 15) is 4.39 Å². The first-order chi connectivity index (χ1) is 8.38. The van der Waals surface area contributed by atoms with E-state index in [0.717, 1.165) is 19.5 Å². The van der Waals surface area contributed by atoms with Crippen LogP contribution in [0.5, 0.6) is 0 Å². The number of hydrogen-bond acceptors (Lipinski definition) is 1. The summed E-state index contributed by atoms with van der Waals surface area (Å²) in [6, 6.07) is 4.87. The summed E-state index contributed by atoms with van der Waals surface area (Å²) in [5.74, 6) is -0.228. The highest BCUT2D eigenvalue weighted by molar-refractivity contribution is 6.30. The lowest BCUT2D eigenvalue weighted by molar-refractivity contribution is 0.115. The molecule has 0 amide bonds. The van der Waals surface area contributed by atoms with Crippen LogP contribution in [0.3, 0.4) is 0 Å². The largest absolute Gasteiger partial charge is 0.298 e.